The maximum Gasteiger partial charge on any atom is 0.407 e. The molecule has 0 atom stereocenters. The number of hydrogen-bond acceptors (Lipinski definition) is 4. The van der Waals surface area contributed by atoms with Gasteiger partial charge >= 0.3 is 12.1 Å². The molecule has 7 heteroatoms. The van der Waals surface area contributed by atoms with Gasteiger partial charge in [0.1, 0.15) is 5.60 Å². The maximum atomic E-state index is 12.9. The topological polar surface area (TPSA) is 72.8 Å². The molecular weight excluding hydrogens is 346 g/mol. The van der Waals surface area contributed by atoms with Crippen molar-refractivity contribution in [3.63, 3.8) is 0 Å². The molecule has 1 saturated heterocycles. The molecule has 1 aromatic carbocycles. The molecule has 0 spiro atoms. The van der Waals surface area contributed by atoms with Gasteiger partial charge < -0.3 is 19.7 Å². The minimum Gasteiger partial charge on any atom is -0.444 e. The highest BCUT2D eigenvalue weighted by Gasteiger charge is 2.21. The lowest BCUT2D eigenvalue weighted by molar-refractivity contribution is 0.0528. The summed E-state index contributed by atoms with van der Waals surface area (Å²) in [6.07, 6.45) is 2.05. The SMILES string of the molecule is CC(C)(C)OC(=O)NCCc1cn(C(=O)N2CCOCC2)c2ccccc12. The van der Waals surface area contributed by atoms with Gasteiger partial charge in [-0.3, -0.25) is 4.57 Å². The number of morpholine rings is 1. The Kier molecular flexibility index (Phi) is 5.70. The molecule has 1 fully saturated rings. The van der Waals surface area contributed by atoms with Gasteiger partial charge in [0, 0.05) is 31.2 Å². The van der Waals surface area contributed by atoms with Crippen LogP contribution in [0.3, 0.4) is 0 Å². The molecule has 1 aromatic heterocycles. The largest absolute Gasteiger partial charge is 0.444 e. The Bertz CT molecular complexity index is 816. The Morgan fingerprint density at radius 3 is 2.59 bits per heavy atom. The molecule has 0 saturated carbocycles. The number of carbonyl (C=O) groups excluding carboxylic acids is 2. The quantitative estimate of drug-likeness (QED) is 0.898. The van der Waals surface area contributed by atoms with E-state index in [9.17, 15) is 9.59 Å². The van der Waals surface area contributed by atoms with Crippen LogP contribution < -0.4 is 5.32 Å². The zero-order valence-corrected chi connectivity index (χ0v) is 16.2. The molecule has 0 radical (unpaired) electrons. The average Bonchev–Trinajstić information content (AvgIpc) is 2.99. The van der Waals surface area contributed by atoms with Gasteiger partial charge in [-0.05, 0) is 38.8 Å². The van der Waals surface area contributed by atoms with Crippen molar-refractivity contribution in [2.24, 2.45) is 0 Å². The van der Waals surface area contributed by atoms with Crippen molar-refractivity contribution in [2.75, 3.05) is 32.8 Å². The molecule has 0 unspecified atom stereocenters. The van der Waals surface area contributed by atoms with Crippen molar-refractivity contribution in [3.05, 3.63) is 36.0 Å². The van der Waals surface area contributed by atoms with E-state index in [0.717, 1.165) is 16.5 Å². The van der Waals surface area contributed by atoms with E-state index in [0.29, 0.717) is 39.3 Å². The zero-order chi connectivity index (χ0) is 19.4. The number of nitrogens with zero attached hydrogens (tertiary/aromatic N) is 2. The summed E-state index contributed by atoms with van der Waals surface area (Å²) < 4.78 is 12.3. The first-order valence-corrected chi connectivity index (χ1v) is 9.28. The summed E-state index contributed by atoms with van der Waals surface area (Å²) in [6.45, 7) is 8.26. The first-order chi connectivity index (χ1) is 12.8. The van der Waals surface area contributed by atoms with Gasteiger partial charge in [0.15, 0.2) is 0 Å². The van der Waals surface area contributed by atoms with E-state index < -0.39 is 11.7 Å². The molecule has 0 bridgehead atoms. The lowest BCUT2D eigenvalue weighted by Crippen LogP contribution is -2.42. The summed E-state index contributed by atoms with van der Waals surface area (Å²) in [5, 5.41) is 3.79. The van der Waals surface area contributed by atoms with Crippen LogP contribution in [-0.4, -0.2) is 60.0 Å². The minimum absolute atomic E-state index is 0.0409. The summed E-state index contributed by atoms with van der Waals surface area (Å²) in [5.41, 5.74) is 1.37. The van der Waals surface area contributed by atoms with Gasteiger partial charge in [0.25, 0.3) is 0 Å². The number of rotatable bonds is 3. The molecule has 1 aliphatic heterocycles. The maximum absolute atomic E-state index is 12.9. The summed E-state index contributed by atoms with van der Waals surface area (Å²) in [7, 11) is 0. The van der Waals surface area contributed by atoms with Crippen LogP contribution in [0.1, 0.15) is 26.3 Å². The molecule has 2 heterocycles. The molecule has 2 aromatic rings. The highest BCUT2D eigenvalue weighted by atomic mass is 16.6. The molecule has 27 heavy (non-hydrogen) atoms. The number of amides is 2. The van der Waals surface area contributed by atoms with Gasteiger partial charge in [-0.25, -0.2) is 9.59 Å². The van der Waals surface area contributed by atoms with E-state index in [1.165, 1.54) is 0 Å². The molecule has 7 nitrogen and oxygen atoms in total. The normalized spacial score (nSPS) is 15.0. The fourth-order valence-corrected chi connectivity index (χ4v) is 3.13. The average molecular weight is 373 g/mol. The van der Waals surface area contributed by atoms with Gasteiger partial charge in [0.2, 0.25) is 0 Å². The van der Waals surface area contributed by atoms with Crippen LogP contribution in [0, 0.1) is 0 Å². The van der Waals surface area contributed by atoms with Crippen molar-refractivity contribution in [3.8, 4) is 0 Å². The molecule has 146 valence electrons. The lowest BCUT2D eigenvalue weighted by atomic mass is 10.1. The van der Waals surface area contributed by atoms with Gasteiger partial charge in [-0.2, -0.15) is 0 Å². The molecule has 2 amide bonds. The van der Waals surface area contributed by atoms with Crippen LogP contribution in [0.15, 0.2) is 30.5 Å². The number of hydrogen-bond donors (Lipinski definition) is 1. The molecule has 1 N–H and O–H groups in total. The Morgan fingerprint density at radius 1 is 1.19 bits per heavy atom. The summed E-state index contributed by atoms with van der Waals surface area (Å²) in [4.78, 5) is 26.5. The molecule has 0 aliphatic carbocycles. The van der Waals surface area contributed by atoms with Crippen LogP contribution in [0.2, 0.25) is 0 Å². The second kappa shape index (κ2) is 8.00. The van der Waals surface area contributed by atoms with Crippen LogP contribution >= 0.6 is 0 Å². The Hall–Kier alpha value is -2.54. The van der Waals surface area contributed by atoms with E-state index in [1.807, 2.05) is 51.2 Å². The number of benzene rings is 1. The third-order valence-corrected chi connectivity index (χ3v) is 4.34. The lowest BCUT2D eigenvalue weighted by Gasteiger charge is -2.27. The van der Waals surface area contributed by atoms with E-state index in [4.69, 9.17) is 9.47 Å². The Labute approximate surface area is 159 Å². The first kappa shape index (κ1) is 19.2. The van der Waals surface area contributed by atoms with Crippen molar-refractivity contribution in [2.45, 2.75) is 32.8 Å². The van der Waals surface area contributed by atoms with E-state index in [-0.39, 0.29) is 6.03 Å². The summed E-state index contributed by atoms with van der Waals surface area (Å²) >= 11 is 0. The number of fused-ring (bicyclic) bond motifs is 1. The minimum atomic E-state index is -0.523. The number of carbonyl (C=O) groups is 2. The number of alkyl carbamates (subject to hydrolysis) is 1. The Morgan fingerprint density at radius 2 is 1.89 bits per heavy atom. The van der Waals surface area contributed by atoms with Crippen molar-refractivity contribution < 1.29 is 19.1 Å². The monoisotopic (exact) mass is 373 g/mol. The van der Waals surface area contributed by atoms with Gasteiger partial charge in [-0.15, -0.1) is 0 Å². The van der Waals surface area contributed by atoms with Crippen LogP contribution in [0.4, 0.5) is 9.59 Å². The second-order valence-corrected chi connectivity index (χ2v) is 7.60. The van der Waals surface area contributed by atoms with Crippen LogP contribution in [0.5, 0.6) is 0 Å². The number of ether oxygens (including phenoxy) is 2. The Balaban J connectivity index is 1.72. The predicted molar refractivity (Wildman–Crippen MR) is 103 cm³/mol. The third kappa shape index (κ3) is 4.80. The molecule has 3 rings (SSSR count). The number of para-hydroxylation sites is 1. The fourth-order valence-electron chi connectivity index (χ4n) is 3.13. The molecular formula is C20H27N3O4. The van der Waals surface area contributed by atoms with Crippen molar-refractivity contribution >= 4 is 23.0 Å². The third-order valence-electron chi connectivity index (χ3n) is 4.34. The second-order valence-electron chi connectivity index (χ2n) is 7.60. The first-order valence-electron chi connectivity index (χ1n) is 9.28. The van der Waals surface area contributed by atoms with E-state index >= 15 is 0 Å². The van der Waals surface area contributed by atoms with Crippen molar-refractivity contribution in [1.29, 1.82) is 0 Å². The standard InChI is InChI=1S/C20H27N3O4/c1-20(2,3)27-18(24)21-9-8-15-14-23(17-7-5-4-6-16(15)17)19(25)22-10-12-26-13-11-22/h4-7,14H,8-13H2,1-3H3,(H,21,24). The van der Waals surface area contributed by atoms with Crippen LogP contribution in [0.25, 0.3) is 10.9 Å². The summed E-state index contributed by atoms with van der Waals surface area (Å²) in [5.74, 6) is 0. The van der Waals surface area contributed by atoms with Gasteiger partial charge in [-0.1, -0.05) is 18.2 Å². The highest BCUT2D eigenvalue weighted by molar-refractivity contribution is 5.93. The number of aromatic nitrogens is 1. The van der Waals surface area contributed by atoms with Gasteiger partial charge in [0.05, 0.1) is 18.7 Å². The fraction of sp³-hybridized carbons (Fsp3) is 0.500. The predicted octanol–water partition coefficient (Wildman–Crippen LogP) is 3.01. The molecule has 1 aliphatic rings. The number of nitrogens with one attached hydrogen (secondary N) is 1. The van der Waals surface area contributed by atoms with E-state index in [1.54, 1.807) is 9.47 Å². The smallest absolute Gasteiger partial charge is 0.407 e. The van der Waals surface area contributed by atoms with Crippen molar-refractivity contribution in [1.82, 2.24) is 14.8 Å². The van der Waals surface area contributed by atoms with Crippen LogP contribution in [-0.2, 0) is 15.9 Å². The highest BCUT2D eigenvalue weighted by Crippen LogP contribution is 2.22. The summed E-state index contributed by atoms with van der Waals surface area (Å²) in [6, 6.07) is 7.78. The van der Waals surface area contributed by atoms with E-state index in [2.05, 4.69) is 5.32 Å². The zero-order valence-electron chi connectivity index (χ0n) is 16.2.